The Labute approximate surface area is 78.6 Å². The topological polar surface area (TPSA) is 58.9 Å². The van der Waals surface area contributed by atoms with E-state index in [0.717, 1.165) is 12.1 Å². The first-order valence-corrected chi connectivity index (χ1v) is 4.29. The Hall–Kier alpha value is -1.06. The first-order valence-electron chi connectivity index (χ1n) is 4.29. The highest BCUT2D eigenvalue weighted by atomic mass is 16.6. The van der Waals surface area contributed by atoms with Crippen molar-refractivity contribution in [1.29, 1.82) is 0 Å². The molecule has 0 atom stereocenters. The van der Waals surface area contributed by atoms with Crippen LogP contribution >= 0.6 is 0 Å². The minimum Gasteiger partial charge on any atom is -0.479 e. The minimum absolute atomic E-state index is 0.0293. The number of hydrogen-bond donors (Lipinski definition) is 1. The van der Waals surface area contributed by atoms with Gasteiger partial charge in [0.25, 0.3) is 0 Å². The van der Waals surface area contributed by atoms with Crippen molar-refractivity contribution < 1.29 is 14.7 Å². The second-order valence-corrected chi connectivity index (χ2v) is 3.58. The Morgan fingerprint density at radius 3 is 2.46 bits per heavy atom. The van der Waals surface area contributed by atoms with E-state index >= 15 is 0 Å². The van der Waals surface area contributed by atoms with E-state index in [0.29, 0.717) is 0 Å². The third-order valence-corrected chi connectivity index (χ3v) is 2.25. The molecule has 13 heavy (non-hydrogen) atoms. The van der Waals surface area contributed by atoms with E-state index in [1.165, 1.54) is 0 Å². The van der Waals surface area contributed by atoms with E-state index in [4.69, 9.17) is 5.11 Å². The Balaban J connectivity index is 4.09. The van der Waals surface area contributed by atoms with Crippen LogP contribution in [0.25, 0.3) is 0 Å². The molecule has 0 rings (SSSR count). The number of oxime groups is 1. The molecule has 0 spiro atoms. The molecule has 0 amide bonds. The number of aliphatic carboxylic acids is 1. The van der Waals surface area contributed by atoms with Gasteiger partial charge in [0.2, 0.25) is 6.61 Å². The summed E-state index contributed by atoms with van der Waals surface area (Å²) in [7, 11) is 0. The normalized spacial score (nSPS) is 12.8. The second kappa shape index (κ2) is 4.84. The van der Waals surface area contributed by atoms with Crippen molar-refractivity contribution in [2.24, 2.45) is 10.6 Å². The fourth-order valence-electron chi connectivity index (χ4n) is 0.564. The fraction of sp³-hybridized carbons (Fsp3) is 0.778. The Morgan fingerprint density at radius 1 is 1.54 bits per heavy atom. The lowest BCUT2D eigenvalue weighted by Gasteiger charge is -2.21. The summed E-state index contributed by atoms with van der Waals surface area (Å²) in [5.74, 6) is -1.01. The predicted molar refractivity (Wildman–Crippen MR) is 50.8 cm³/mol. The van der Waals surface area contributed by atoms with Gasteiger partial charge in [-0.05, 0) is 13.3 Å². The zero-order valence-electron chi connectivity index (χ0n) is 8.63. The van der Waals surface area contributed by atoms with Crippen LogP contribution in [0.2, 0.25) is 0 Å². The van der Waals surface area contributed by atoms with E-state index in [2.05, 4.69) is 16.9 Å². The molecule has 0 bridgehead atoms. The average molecular weight is 187 g/mol. The zero-order chi connectivity index (χ0) is 10.5. The van der Waals surface area contributed by atoms with Gasteiger partial charge in [-0.25, -0.2) is 4.79 Å². The first kappa shape index (κ1) is 11.9. The molecule has 0 aliphatic rings. The SMILES string of the molecule is CCC(C)(C)C(C)=NOCC(=O)O. The molecule has 0 aliphatic heterocycles. The van der Waals surface area contributed by atoms with Gasteiger partial charge in [-0.15, -0.1) is 0 Å². The van der Waals surface area contributed by atoms with Crippen LogP contribution in [-0.2, 0) is 9.63 Å². The zero-order valence-corrected chi connectivity index (χ0v) is 8.63. The second-order valence-electron chi connectivity index (χ2n) is 3.58. The van der Waals surface area contributed by atoms with Crippen LogP contribution in [0.4, 0.5) is 0 Å². The maximum Gasteiger partial charge on any atom is 0.344 e. The molecule has 0 aromatic heterocycles. The van der Waals surface area contributed by atoms with E-state index in [1.54, 1.807) is 0 Å². The number of carbonyl (C=O) groups is 1. The molecule has 4 heteroatoms. The number of carboxylic acid groups (broad SMARTS) is 1. The molecule has 4 nitrogen and oxygen atoms in total. The summed E-state index contributed by atoms with van der Waals surface area (Å²) < 4.78 is 0. The van der Waals surface area contributed by atoms with E-state index in [1.807, 2.05) is 20.8 Å². The third kappa shape index (κ3) is 4.50. The van der Waals surface area contributed by atoms with Crippen LogP contribution in [0.5, 0.6) is 0 Å². The van der Waals surface area contributed by atoms with Crippen LogP contribution in [-0.4, -0.2) is 23.4 Å². The number of hydrogen-bond acceptors (Lipinski definition) is 3. The van der Waals surface area contributed by atoms with E-state index in [-0.39, 0.29) is 12.0 Å². The summed E-state index contributed by atoms with van der Waals surface area (Å²) in [6, 6.07) is 0. The van der Waals surface area contributed by atoms with Crippen molar-refractivity contribution in [2.75, 3.05) is 6.61 Å². The largest absolute Gasteiger partial charge is 0.479 e. The third-order valence-electron chi connectivity index (χ3n) is 2.25. The van der Waals surface area contributed by atoms with Crippen LogP contribution < -0.4 is 0 Å². The van der Waals surface area contributed by atoms with E-state index < -0.39 is 5.97 Å². The molecule has 0 saturated carbocycles. The molecule has 0 saturated heterocycles. The smallest absolute Gasteiger partial charge is 0.344 e. The summed E-state index contributed by atoms with van der Waals surface area (Å²) in [5, 5.41) is 12.0. The maximum atomic E-state index is 10.1. The van der Waals surface area contributed by atoms with Crippen molar-refractivity contribution in [3.8, 4) is 0 Å². The van der Waals surface area contributed by atoms with Gasteiger partial charge < -0.3 is 9.94 Å². The quantitative estimate of drug-likeness (QED) is 0.528. The summed E-state index contributed by atoms with van der Waals surface area (Å²) in [6.45, 7) is 7.59. The molecular formula is C9H17NO3. The first-order chi connectivity index (χ1) is 5.90. The lowest BCUT2D eigenvalue weighted by molar-refractivity contribution is -0.142. The van der Waals surface area contributed by atoms with Gasteiger partial charge in [0, 0.05) is 5.41 Å². The van der Waals surface area contributed by atoms with Crippen LogP contribution in [0.15, 0.2) is 5.16 Å². The highest BCUT2D eigenvalue weighted by Crippen LogP contribution is 2.21. The molecule has 0 aromatic rings. The van der Waals surface area contributed by atoms with Crippen molar-refractivity contribution in [2.45, 2.75) is 34.1 Å². The minimum atomic E-state index is -1.01. The molecule has 0 aromatic carbocycles. The Bertz CT molecular complexity index is 209. The molecule has 0 radical (unpaired) electrons. The van der Waals surface area contributed by atoms with Crippen LogP contribution in [0.1, 0.15) is 34.1 Å². The molecule has 0 heterocycles. The van der Waals surface area contributed by atoms with Crippen molar-refractivity contribution in [3.63, 3.8) is 0 Å². The van der Waals surface area contributed by atoms with Gasteiger partial charge in [-0.1, -0.05) is 25.9 Å². The molecular weight excluding hydrogens is 170 g/mol. The molecule has 0 unspecified atom stereocenters. The average Bonchev–Trinajstić information content (AvgIpc) is 2.03. The predicted octanol–water partition coefficient (Wildman–Crippen LogP) is 1.90. The van der Waals surface area contributed by atoms with Crippen LogP contribution in [0, 0.1) is 5.41 Å². The number of rotatable bonds is 5. The number of nitrogens with zero attached hydrogens (tertiary/aromatic N) is 1. The van der Waals surface area contributed by atoms with Crippen molar-refractivity contribution in [3.05, 3.63) is 0 Å². The van der Waals surface area contributed by atoms with Gasteiger partial charge in [-0.3, -0.25) is 0 Å². The fourth-order valence-corrected chi connectivity index (χ4v) is 0.564. The monoisotopic (exact) mass is 187 g/mol. The van der Waals surface area contributed by atoms with Crippen molar-refractivity contribution in [1.82, 2.24) is 0 Å². The summed E-state index contributed by atoms with van der Waals surface area (Å²) in [5.41, 5.74) is 0.787. The maximum absolute atomic E-state index is 10.1. The molecule has 0 aliphatic carbocycles. The van der Waals surface area contributed by atoms with Gasteiger partial charge in [0.15, 0.2) is 0 Å². The Morgan fingerprint density at radius 2 is 2.08 bits per heavy atom. The lowest BCUT2D eigenvalue weighted by atomic mass is 9.86. The van der Waals surface area contributed by atoms with Gasteiger partial charge >= 0.3 is 5.97 Å². The standard InChI is InChI=1S/C9H17NO3/c1-5-9(3,4)7(2)10-13-6-8(11)12/h5-6H2,1-4H3,(H,11,12). The van der Waals surface area contributed by atoms with Gasteiger partial charge in [0.1, 0.15) is 0 Å². The Kier molecular flexibility index (Phi) is 4.45. The summed E-state index contributed by atoms with van der Waals surface area (Å²) in [6.07, 6.45) is 0.943. The van der Waals surface area contributed by atoms with Crippen molar-refractivity contribution >= 4 is 11.7 Å². The van der Waals surface area contributed by atoms with Gasteiger partial charge in [0.05, 0.1) is 5.71 Å². The lowest BCUT2D eigenvalue weighted by Crippen LogP contribution is -2.21. The number of carboxylic acids is 1. The molecule has 0 fully saturated rings. The summed E-state index contributed by atoms with van der Waals surface area (Å²) in [4.78, 5) is 14.7. The highest BCUT2D eigenvalue weighted by Gasteiger charge is 2.19. The van der Waals surface area contributed by atoms with Gasteiger partial charge in [-0.2, -0.15) is 0 Å². The molecule has 1 N–H and O–H groups in total. The molecule has 76 valence electrons. The summed E-state index contributed by atoms with van der Waals surface area (Å²) >= 11 is 0. The highest BCUT2D eigenvalue weighted by molar-refractivity contribution is 5.86. The van der Waals surface area contributed by atoms with Crippen LogP contribution in [0.3, 0.4) is 0 Å². The van der Waals surface area contributed by atoms with E-state index in [9.17, 15) is 4.79 Å².